The molecule has 0 fully saturated rings. The van der Waals surface area contributed by atoms with Crippen LogP contribution in [0.2, 0.25) is 0 Å². The Kier molecular flexibility index (Phi) is 6.49. The van der Waals surface area contributed by atoms with Crippen LogP contribution in [0, 0.1) is 5.82 Å². The Balaban J connectivity index is 2.41. The minimum Gasteiger partial charge on any atom is -0.480 e. The van der Waals surface area contributed by atoms with E-state index in [0.717, 1.165) is 18.4 Å². The fraction of sp³-hybridized carbons (Fsp3) is 0.429. The Morgan fingerprint density at radius 3 is 2.50 bits per heavy atom. The smallest absolute Gasteiger partial charge is 0.326 e. The molecule has 6 heteroatoms. The third-order valence-corrected chi connectivity index (χ3v) is 2.82. The van der Waals surface area contributed by atoms with Crippen molar-refractivity contribution in [1.82, 2.24) is 10.6 Å². The molecule has 0 spiro atoms. The van der Waals surface area contributed by atoms with Gasteiger partial charge in [0.15, 0.2) is 0 Å². The van der Waals surface area contributed by atoms with Crippen LogP contribution in [0.15, 0.2) is 24.3 Å². The zero-order valence-corrected chi connectivity index (χ0v) is 11.4. The lowest BCUT2D eigenvalue weighted by Gasteiger charge is -2.14. The van der Waals surface area contributed by atoms with Gasteiger partial charge in [0.25, 0.3) is 0 Å². The van der Waals surface area contributed by atoms with Gasteiger partial charge < -0.3 is 15.7 Å². The molecule has 0 aliphatic rings. The number of carboxylic acids is 1. The van der Waals surface area contributed by atoms with Crippen LogP contribution in [0.1, 0.15) is 31.7 Å². The van der Waals surface area contributed by atoms with Crippen LogP contribution in [0.4, 0.5) is 9.18 Å². The molecule has 0 unspecified atom stereocenters. The maximum atomic E-state index is 12.7. The number of hydrogen-bond donors (Lipinski definition) is 3. The molecule has 1 rings (SSSR count). The highest BCUT2D eigenvalue weighted by Crippen LogP contribution is 2.03. The molecule has 0 saturated heterocycles. The fourth-order valence-corrected chi connectivity index (χ4v) is 1.66. The van der Waals surface area contributed by atoms with Gasteiger partial charge >= 0.3 is 12.0 Å². The number of aliphatic carboxylic acids is 1. The van der Waals surface area contributed by atoms with Gasteiger partial charge in [0.05, 0.1) is 0 Å². The molecule has 1 atom stereocenters. The number of carbonyl (C=O) groups is 2. The number of rotatable bonds is 7. The molecule has 2 amide bonds. The second kappa shape index (κ2) is 8.14. The molecule has 0 aliphatic carbocycles. The molecule has 110 valence electrons. The molecule has 0 bridgehead atoms. The predicted molar refractivity (Wildman–Crippen MR) is 72.7 cm³/mol. The fourth-order valence-electron chi connectivity index (χ4n) is 1.66. The van der Waals surface area contributed by atoms with E-state index in [-0.39, 0.29) is 12.4 Å². The number of halogens is 1. The van der Waals surface area contributed by atoms with E-state index in [1.807, 2.05) is 6.92 Å². The molecular formula is C14H19FN2O3. The molecule has 0 saturated carbocycles. The zero-order chi connectivity index (χ0) is 15.0. The van der Waals surface area contributed by atoms with Gasteiger partial charge in [-0.3, -0.25) is 0 Å². The lowest BCUT2D eigenvalue weighted by atomic mass is 10.1. The van der Waals surface area contributed by atoms with E-state index in [1.165, 1.54) is 12.1 Å². The summed E-state index contributed by atoms with van der Waals surface area (Å²) < 4.78 is 12.7. The first kappa shape index (κ1) is 15.9. The van der Waals surface area contributed by atoms with E-state index in [1.54, 1.807) is 12.1 Å². The molecule has 0 radical (unpaired) electrons. The second-order valence-electron chi connectivity index (χ2n) is 4.49. The zero-order valence-electron chi connectivity index (χ0n) is 11.4. The Morgan fingerprint density at radius 2 is 1.95 bits per heavy atom. The summed E-state index contributed by atoms with van der Waals surface area (Å²) in [6, 6.07) is 4.29. The summed E-state index contributed by atoms with van der Waals surface area (Å²) in [5, 5.41) is 13.9. The third-order valence-electron chi connectivity index (χ3n) is 2.82. The number of amides is 2. The second-order valence-corrected chi connectivity index (χ2v) is 4.49. The summed E-state index contributed by atoms with van der Waals surface area (Å²) in [6.45, 7) is 2.17. The summed E-state index contributed by atoms with van der Waals surface area (Å²) in [7, 11) is 0. The van der Waals surface area contributed by atoms with Gasteiger partial charge in [-0.25, -0.2) is 14.0 Å². The highest BCUT2D eigenvalue weighted by Gasteiger charge is 2.18. The van der Waals surface area contributed by atoms with E-state index >= 15 is 0 Å². The lowest BCUT2D eigenvalue weighted by Crippen LogP contribution is -2.45. The van der Waals surface area contributed by atoms with Crippen LogP contribution in [-0.4, -0.2) is 23.1 Å². The summed E-state index contributed by atoms with van der Waals surface area (Å²) in [6.07, 6.45) is 1.99. The van der Waals surface area contributed by atoms with Crippen molar-refractivity contribution in [1.29, 1.82) is 0 Å². The highest BCUT2D eigenvalue weighted by molar-refractivity contribution is 5.82. The average molecular weight is 282 g/mol. The van der Waals surface area contributed by atoms with Crippen LogP contribution in [0.3, 0.4) is 0 Å². The van der Waals surface area contributed by atoms with E-state index in [9.17, 15) is 14.0 Å². The number of carboxylic acid groups (broad SMARTS) is 1. The molecule has 20 heavy (non-hydrogen) atoms. The van der Waals surface area contributed by atoms with Crippen LogP contribution in [0.5, 0.6) is 0 Å². The first-order valence-electron chi connectivity index (χ1n) is 6.54. The Hall–Kier alpha value is -2.11. The number of nitrogens with one attached hydrogen (secondary N) is 2. The molecule has 5 nitrogen and oxygen atoms in total. The Bertz CT molecular complexity index is 448. The number of unbranched alkanes of at least 4 members (excludes halogenated alkanes) is 1. The number of benzene rings is 1. The minimum absolute atomic E-state index is 0.215. The molecule has 1 aromatic carbocycles. The normalized spacial score (nSPS) is 11.7. The minimum atomic E-state index is -1.05. The molecular weight excluding hydrogens is 263 g/mol. The van der Waals surface area contributed by atoms with Crippen LogP contribution in [-0.2, 0) is 11.3 Å². The van der Waals surface area contributed by atoms with Gasteiger partial charge in [-0.1, -0.05) is 31.9 Å². The largest absolute Gasteiger partial charge is 0.480 e. The summed E-state index contributed by atoms with van der Waals surface area (Å²) in [5.74, 6) is -1.39. The van der Waals surface area contributed by atoms with Crippen molar-refractivity contribution in [3.8, 4) is 0 Å². The van der Waals surface area contributed by atoms with Crippen molar-refractivity contribution in [3.05, 3.63) is 35.6 Å². The number of carbonyl (C=O) groups excluding carboxylic acids is 1. The summed E-state index contributed by atoms with van der Waals surface area (Å²) in [5.41, 5.74) is 0.738. The van der Waals surface area contributed by atoms with Gasteiger partial charge in [-0.05, 0) is 24.1 Å². The van der Waals surface area contributed by atoms with E-state index in [0.29, 0.717) is 6.42 Å². The first-order chi connectivity index (χ1) is 9.52. The first-order valence-corrected chi connectivity index (χ1v) is 6.54. The topological polar surface area (TPSA) is 78.4 Å². The van der Waals surface area contributed by atoms with Crippen LogP contribution >= 0.6 is 0 Å². The van der Waals surface area contributed by atoms with Crippen LogP contribution in [0.25, 0.3) is 0 Å². The van der Waals surface area contributed by atoms with E-state index in [2.05, 4.69) is 10.6 Å². The van der Waals surface area contributed by atoms with Crippen molar-refractivity contribution in [2.45, 2.75) is 38.8 Å². The maximum Gasteiger partial charge on any atom is 0.326 e. The monoisotopic (exact) mass is 282 g/mol. The van der Waals surface area contributed by atoms with Crippen molar-refractivity contribution in [3.63, 3.8) is 0 Å². The van der Waals surface area contributed by atoms with Crippen molar-refractivity contribution < 1.29 is 19.1 Å². The molecule has 1 aromatic rings. The van der Waals surface area contributed by atoms with Gasteiger partial charge in [0, 0.05) is 6.54 Å². The molecule has 3 N–H and O–H groups in total. The van der Waals surface area contributed by atoms with Gasteiger partial charge in [-0.2, -0.15) is 0 Å². The van der Waals surface area contributed by atoms with Gasteiger partial charge in [0.2, 0.25) is 0 Å². The SMILES string of the molecule is CCCC[C@H](NC(=O)NCc1ccc(F)cc1)C(=O)O. The maximum absolute atomic E-state index is 12.7. The van der Waals surface area contributed by atoms with Gasteiger partial charge in [-0.15, -0.1) is 0 Å². The number of hydrogen-bond acceptors (Lipinski definition) is 2. The Labute approximate surface area is 117 Å². The molecule has 0 aliphatic heterocycles. The van der Waals surface area contributed by atoms with Gasteiger partial charge in [0.1, 0.15) is 11.9 Å². The average Bonchev–Trinajstić information content (AvgIpc) is 2.42. The summed E-state index contributed by atoms with van der Waals surface area (Å²) >= 11 is 0. The van der Waals surface area contributed by atoms with Crippen molar-refractivity contribution in [2.75, 3.05) is 0 Å². The van der Waals surface area contributed by atoms with E-state index in [4.69, 9.17) is 5.11 Å². The highest BCUT2D eigenvalue weighted by atomic mass is 19.1. The van der Waals surface area contributed by atoms with Crippen molar-refractivity contribution in [2.24, 2.45) is 0 Å². The lowest BCUT2D eigenvalue weighted by molar-refractivity contribution is -0.139. The standard InChI is InChI=1S/C14H19FN2O3/c1-2-3-4-12(13(18)19)17-14(20)16-9-10-5-7-11(15)8-6-10/h5-8,12H,2-4,9H2,1H3,(H,18,19)(H2,16,17,20)/t12-/m0/s1. The third kappa shape index (κ3) is 5.69. The molecule has 0 heterocycles. The molecule has 0 aromatic heterocycles. The Morgan fingerprint density at radius 1 is 1.30 bits per heavy atom. The van der Waals surface area contributed by atoms with Crippen molar-refractivity contribution >= 4 is 12.0 Å². The quantitative estimate of drug-likeness (QED) is 0.718. The summed E-state index contributed by atoms with van der Waals surface area (Å²) in [4.78, 5) is 22.6. The van der Waals surface area contributed by atoms with Crippen LogP contribution < -0.4 is 10.6 Å². The predicted octanol–water partition coefficient (Wildman–Crippen LogP) is 2.27. The number of urea groups is 1. The van der Waals surface area contributed by atoms with E-state index < -0.39 is 18.0 Å².